The number of rotatable bonds is 4. The molecule has 74 valence electrons. The summed E-state index contributed by atoms with van der Waals surface area (Å²) in [6.45, 7) is 2.55. The van der Waals surface area contributed by atoms with Crippen molar-refractivity contribution in [2.45, 2.75) is 13.0 Å². The quantitative estimate of drug-likeness (QED) is 0.514. The molecule has 0 amide bonds. The monoisotopic (exact) mass is 184 g/mol. The van der Waals surface area contributed by atoms with Gasteiger partial charge in [0.25, 0.3) is 0 Å². The first-order valence-electron chi connectivity index (χ1n) is 3.97. The maximum absolute atomic E-state index is 5.42. The van der Waals surface area contributed by atoms with Crippen LogP contribution in [-0.4, -0.2) is 18.1 Å². The third-order valence-electron chi connectivity index (χ3n) is 1.53. The SMILES string of the molecule is CC(COc1ccccc1)NN.O. The number of nitrogens with one attached hydrogen (secondary N) is 1. The first kappa shape index (κ1) is 11.9. The lowest BCUT2D eigenvalue weighted by atomic mass is 10.3. The normalized spacial score (nSPS) is 11.5. The molecule has 0 spiro atoms. The van der Waals surface area contributed by atoms with E-state index in [9.17, 15) is 0 Å². The molecule has 5 N–H and O–H groups in total. The van der Waals surface area contributed by atoms with Crippen LogP contribution in [0.5, 0.6) is 5.75 Å². The minimum absolute atomic E-state index is 0. The summed E-state index contributed by atoms with van der Waals surface area (Å²) in [6, 6.07) is 9.85. The molecule has 1 atom stereocenters. The van der Waals surface area contributed by atoms with Gasteiger partial charge in [-0.2, -0.15) is 0 Å². The maximum Gasteiger partial charge on any atom is 0.119 e. The van der Waals surface area contributed by atoms with Crippen LogP contribution in [0.4, 0.5) is 0 Å². The van der Waals surface area contributed by atoms with Crippen molar-refractivity contribution in [2.75, 3.05) is 6.61 Å². The van der Waals surface area contributed by atoms with Crippen LogP contribution in [0.3, 0.4) is 0 Å². The summed E-state index contributed by atoms with van der Waals surface area (Å²) in [5.74, 6) is 6.08. The summed E-state index contributed by atoms with van der Waals surface area (Å²) >= 11 is 0. The van der Waals surface area contributed by atoms with Gasteiger partial charge in [-0.3, -0.25) is 11.3 Å². The molecular weight excluding hydrogens is 168 g/mol. The highest BCUT2D eigenvalue weighted by atomic mass is 16.5. The van der Waals surface area contributed by atoms with Crippen molar-refractivity contribution in [1.82, 2.24) is 5.43 Å². The van der Waals surface area contributed by atoms with E-state index in [2.05, 4.69) is 5.43 Å². The van der Waals surface area contributed by atoms with E-state index < -0.39 is 0 Å². The second-order valence-corrected chi connectivity index (χ2v) is 2.69. The van der Waals surface area contributed by atoms with Gasteiger partial charge in [0.2, 0.25) is 0 Å². The molecule has 1 aromatic rings. The highest BCUT2D eigenvalue weighted by Gasteiger charge is 1.98. The maximum atomic E-state index is 5.42. The molecule has 0 fully saturated rings. The van der Waals surface area contributed by atoms with Gasteiger partial charge in [0.05, 0.1) is 6.04 Å². The minimum Gasteiger partial charge on any atom is -0.492 e. The van der Waals surface area contributed by atoms with Crippen LogP contribution in [0, 0.1) is 0 Å². The predicted octanol–water partition coefficient (Wildman–Crippen LogP) is 0.0925. The van der Waals surface area contributed by atoms with E-state index in [-0.39, 0.29) is 11.5 Å². The lowest BCUT2D eigenvalue weighted by Crippen LogP contribution is -2.36. The zero-order chi connectivity index (χ0) is 8.81. The van der Waals surface area contributed by atoms with Crippen LogP contribution >= 0.6 is 0 Å². The Balaban J connectivity index is 0.00000144. The fraction of sp³-hybridized carbons (Fsp3) is 0.333. The van der Waals surface area contributed by atoms with E-state index in [0.29, 0.717) is 6.61 Å². The Hall–Kier alpha value is -1.10. The molecule has 4 nitrogen and oxygen atoms in total. The lowest BCUT2D eigenvalue weighted by Gasteiger charge is -2.11. The van der Waals surface area contributed by atoms with Gasteiger partial charge in [0.1, 0.15) is 12.4 Å². The predicted molar refractivity (Wildman–Crippen MR) is 52.3 cm³/mol. The summed E-state index contributed by atoms with van der Waals surface area (Å²) in [7, 11) is 0. The largest absolute Gasteiger partial charge is 0.492 e. The number of hydrazine groups is 1. The highest BCUT2D eigenvalue weighted by molar-refractivity contribution is 5.20. The van der Waals surface area contributed by atoms with Crippen LogP contribution in [0.15, 0.2) is 30.3 Å². The van der Waals surface area contributed by atoms with Crippen LogP contribution in [-0.2, 0) is 0 Å². The van der Waals surface area contributed by atoms with Gasteiger partial charge in [-0.1, -0.05) is 18.2 Å². The fourth-order valence-corrected chi connectivity index (χ4v) is 0.786. The van der Waals surface area contributed by atoms with Crippen molar-refractivity contribution in [3.05, 3.63) is 30.3 Å². The van der Waals surface area contributed by atoms with Crippen molar-refractivity contribution in [1.29, 1.82) is 0 Å². The zero-order valence-corrected chi connectivity index (χ0v) is 7.66. The molecule has 0 heterocycles. The van der Waals surface area contributed by atoms with Gasteiger partial charge in [-0.25, -0.2) is 0 Å². The van der Waals surface area contributed by atoms with Crippen LogP contribution in [0.1, 0.15) is 6.92 Å². The second kappa shape index (κ2) is 6.42. The van der Waals surface area contributed by atoms with E-state index in [0.717, 1.165) is 5.75 Å². The number of ether oxygens (including phenoxy) is 1. The smallest absolute Gasteiger partial charge is 0.119 e. The van der Waals surface area contributed by atoms with Crippen molar-refractivity contribution in [3.8, 4) is 5.75 Å². The molecule has 1 rings (SSSR count). The van der Waals surface area contributed by atoms with E-state index in [4.69, 9.17) is 10.6 Å². The number of para-hydroxylation sites is 1. The van der Waals surface area contributed by atoms with E-state index in [1.807, 2.05) is 37.3 Å². The van der Waals surface area contributed by atoms with Gasteiger partial charge in [-0.15, -0.1) is 0 Å². The molecule has 0 aliphatic heterocycles. The first-order chi connectivity index (χ1) is 5.83. The van der Waals surface area contributed by atoms with E-state index in [1.165, 1.54) is 0 Å². The minimum atomic E-state index is 0. The Bertz CT molecular complexity index is 216. The van der Waals surface area contributed by atoms with Gasteiger partial charge >= 0.3 is 0 Å². The average Bonchev–Trinajstić information content (AvgIpc) is 2.16. The Kier molecular flexibility index (Phi) is 5.88. The number of hydrogen-bond acceptors (Lipinski definition) is 3. The third kappa shape index (κ3) is 4.47. The zero-order valence-electron chi connectivity index (χ0n) is 7.66. The molecule has 0 aliphatic carbocycles. The standard InChI is InChI=1S/C9H14N2O.H2O/c1-8(11-10)7-12-9-5-3-2-4-6-9;/h2-6,8,11H,7,10H2,1H3;1H2. The molecule has 0 aliphatic rings. The summed E-state index contributed by atoms with van der Waals surface area (Å²) in [5.41, 5.74) is 2.61. The summed E-state index contributed by atoms with van der Waals surface area (Å²) in [6.07, 6.45) is 0. The number of hydrogen-bond donors (Lipinski definition) is 2. The molecule has 1 aromatic carbocycles. The molecule has 4 heteroatoms. The Morgan fingerprint density at radius 2 is 2.00 bits per heavy atom. The van der Waals surface area contributed by atoms with Crippen LogP contribution < -0.4 is 16.0 Å². The second-order valence-electron chi connectivity index (χ2n) is 2.69. The van der Waals surface area contributed by atoms with Crippen molar-refractivity contribution in [3.63, 3.8) is 0 Å². The Morgan fingerprint density at radius 3 is 2.54 bits per heavy atom. The molecular formula is C9H16N2O2. The van der Waals surface area contributed by atoms with Gasteiger partial charge in [0.15, 0.2) is 0 Å². The third-order valence-corrected chi connectivity index (χ3v) is 1.53. The molecule has 0 bridgehead atoms. The lowest BCUT2D eigenvalue weighted by molar-refractivity contribution is 0.275. The first-order valence-corrected chi connectivity index (χ1v) is 3.97. The molecule has 1 unspecified atom stereocenters. The molecule has 0 radical (unpaired) electrons. The van der Waals surface area contributed by atoms with E-state index >= 15 is 0 Å². The Labute approximate surface area is 78.0 Å². The van der Waals surface area contributed by atoms with Crippen molar-refractivity contribution >= 4 is 0 Å². The summed E-state index contributed by atoms with van der Waals surface area (Å²) in [5, 5.41) is 0. The Morgan fingerprint density at radius 1 is 1.38 bits per heavy atom. The fourth-order valence-electron chi connectivity index (χ4n) is 0.786. The van der Waals surface area contributed by atoms with Crippen LogP contribution in [0.25, 0.3) is 0 Å². The molecule has 0 saturated carbocycles. The highest BCUT2D eigenvalue weighted by Crippen LogP contribution is 2.07. The average molecular weight is 184 g/mol. The summed E-state index contributed by atoms with van der Waals surface area (Å²) < 4.78 is 5.42. The summed E-state index contributed by atoms with van der Waals surface area (Å²) in [4.78, 5) is 0. The van der Waals surface area contributed by atoms with Gasteiger partial charge < -0.3 is 10.2 Å². The topological polar surface area (TPSA) is 78.8 Å². The van der Waals surface area contributed by atoms with Gasteiger partial charge in [0, 0.05) is 0 Å². The van der Waals surface area contributed by atoms with Gasteiger partial charge in [-0.05, 0) is 19.1 Å². The van der Waals surface area contributed by atoms with E-state index in [1.54, 1.807) is 0 Å². The number of benzene rings is 1. The van der Waals surface area contributed by atoms with Crippen LogP contribution in [0.2, 0.25) is 0 Å². The molecule has 0 saturated heterocycles. The molecule has 13 heavy (non-hydrogen) atoms. The van der Waals surface area contributed by atoms with Crippen molar-refractivity contribution < 1.29 is 10.2 Å². The van der Waals surface area contributed by atoms with Crippen molar-refractivity contribution in [2.24, 2.45) is 5.84 Å². The molecule has 0 aromatic heterocycles. The number of nitrogens with two attached hydrogens (primary N) is 1.